The summed E-state index contributed by atoms with van der Waals surface area (Å²) in [6.07, 6.45) is 0. The third-order valence-electron chi connectivity index (χ3n) is 1.94. The first-order valence-electron chi connectivity index (χ1n) is 4.15. The van der Waals surface area contributed by atoms with Gasteiger partial charge in [0, 0.05) is 0 Å². The molecule has 0 saturated heterocycles. The molecule has 0 radical (unpaired) electrons. The standard InChI is InChI=1S/C10H10F2O2/c1-5(2)6-3-7(11)9(10(13)14)8(12)4-6/h3-5H,1-2H3,(H,13,14). The van der Waals surface area contributed by atoms with E-state index in [2.05, 4.69) is 0 Å². The van der Waals surface area contributed by atoms with Crippen LogP contribution in [0.1, 0.15) is 35.7 Å². The average molecular weight is 200 g/mol. The molecule has 0 spiro atoms. The minimum atomic E-state index is -1.59. The molecule has 0 fully saturated rings. The van der Waals surface area contributed by atoms with Crippen molar-refractivity contribution in [3.05, 3.63) is 34.9 Å². The molecule has 0 amide bonds. The first kappa shape index (κ1) is 10.6. The van der Waals surface area contributed by atoms with E-state index in [-0.39, 0.29) is 5.92 Å². The predicted molar refractivity (Wildman–Crippen MR) is 47.4 cm³/mol. The predicted octanol–water partition coefficient (Wildman–Crippen LogP) is 2.79. The summed E-state index contributed by atoms with van der Waals surface area (Å²) in [6, 6.07) is 2.11. The summed E-state index contributed by atoms with van der Waals surface area (Å²) in [7, 11) is 0. The maximum atomic E-state index is 13.1. The molecule has 0 aromatic heterocycles. The number of carboxylic acids is 1. The summed E-state index contributed by atoms with van der Waals surface area (Å²) in [4.78, 5) is 10.4. The summed E-state index contributed by atoms with van der Waals surface area (Å²) in [5, 5.41) is 8.50. The van der Waals surface area contributed by atoms with Crippen molar-refractivity contribution in [2.24, 2.45) is 0 Å². The van der Waals surface area contributed by atoms with Crippen molar-refractivity contribution in [1.82, 2.24) is 0 Å². The molecule has 1 aromatic rings. The summed E-state index contributed by atoms with van der Waals surface area (Å²) in [6.45, 7) is 3.54. The number of aromatic carboxylic acids is 1. The van der Waals surface area contributed by atoms with Gasteiger partial charge in [0.25, 0.3) is 0 Å². The maximum absolute atomic E-state index is 13.1. The Hall–Kier alpha value is -1.45. The van der Waals surface area contributed by atoms with Crippen LogP contribution in [0, 0.1) is 11.6 Å². The SMILES string of the molecule is CC(C)c1cc(F)c(C(=O)O)c(F)c1. The molecule has 0 aliphatic rings. The maximum Gasteiger partial charge on any atom is 0.341 e. The van der Waals surface area contributed by atoms with Crippen molar-refractivity contribution in [2.45, 2.75) is 19.8 Å². The highest BCUT2D eigenvalue weighted by molar-refractivity contribution is 5.88. The van der Waals surface area contributed by atoms with Crippen LogP contribution in [-0.2, 0) is 0 Å². The van der Waals surface area contributed by atoms with Crippen molar-refractivity contribution >= 4 is 5.97 Å². The molecule has 0 bridgehead atoms. The Labute approximate surface area is 80.2 Å². The molecule has 0 unspecified atom stereocenters. The second kappa shape index (κ2) is 3.74. The second-order valence-corrected chi connectivity index (χ2v) is 3.32. The van der Waals surface area contributed by atoms with Gasteiger partial charge in [0.15, 0.2) is 0 Å². The topological polar surface area (TPSA) is 37.3 Å². The van der Waals surface area contributed by atoms with E-state index in [0.717, 1.165) is 12.1 Å². The Morgan fingerprint density at radius 3 is 2.00 bits per heavy atom. The lowest BCUT2D eigenvalue weighted by Gasteiger charge is -2.07. The average Bonchev–Trinajstić information content (AvgIpc) is 2.01. The summed E-state index contributed by atoms with van der Waals surface area (Å²) in [5.74, 6) is -3.68. The van der Waals surface area contributed by atoms with Crippen molar-refractivity contribution in [1.29, 1.82) is 0 Å². The smallest absolute Gasteiger partial charge is 0.341 e. The number of hydrogen-bond acceptors (Lipinski definition) is 1. The number of hydrogen-bond donors (Lipinski definition) is 1. The first-order chi connectivity index (χ1) is 6.43. The Morgan fingerprint density at radius 2 is 1.71 bits per heavy atom. The molecule has 76 valence electrons. The van der Waals surface area contributed by atoms with Gasteiger partial charge in [0.05, 0.1) is 0 Å². The van der Waals surface area contributed by atoms with E-state index < -0.39 is 23.2 Å². The lowest BCUT2D eigenvalue weighted by Crippen LogP contribution is -2.06. The fraction of sp³-hybridized carbons (Fsp3) is 0.300. The lowest BCUT2D eigenvalue weighted by molar-refractivity contribution is 0.0686. The van der Waals surface area contributed by atoms with Crippen LogP contribution in [-0.4, -0.2) is 11.1 Å². The van der Waals surface area contributed by atoms with Crippen LogP contribution in [0.15, 0.2) is 12.1 Å². The first-order valence-corrected chi connectivity index (χ1v) is 4.15. The largest absolute Gasteiger partial charge is 0.477 e. The number of carboxylic acid groups (broad SMARTS) is 1. The van der Waals surface area contributed by atoms with Gasteiger partial charge in [-0.15, -0.1) is 0 Å². The van der Waals surface area contributed by atoms with Crippen LogP contribution in [0.4, 0.5) is 8.78 Å². The zero-order chi connectivity index (χ0) is 10.9. The number of benzene rings is 1. The summed E-state index contributed by atoms with van der Waals surface area (Å²) in [5.41, 5.74) is -0.445. The van der Waals surface area contributed by atoms with Gasteiger partial charge in [-0.1, -0.05) is 13.8 Å². The zero-order valence-corrected chi connectivity index (χ0v) is 7.84. The van der Waals surface area contributed by atoms with Crippen LogP contribution < -0.4 is 0 Å². The molecular weight excluding hydrogens is 190 g/mol. The highest BCUT2D eigenvalue weighted by atomic mass is 19.1. The number of carbonyl (C=O) groups is 1. The summed E-state index contributed by atoms with van der Waals surface area (Å²) >= 11 is 0. The van der Waals surface area contributed by atoms with Crippen LogP contribution >= 0.6 is 0 Å². The van der Waals surface area contributed by atoms with Gasteiger partial charge >= 0.3 is 5.97 Å². The molecule has 14 heavy (non-hydrogen) atoms. The summed E-state index contributed by atoms with van der Waals surface area (Å²) < 4.78 is 26.2. The van der Waals surface area contributed by atoms with E-state index >= 15 is 0 Å². The highest BCUT2D eigenvalue weighted by Gasteiger charge is 2.18. The van der Waals surface area contributed by atoms with Crippen LogP contribution in [0.25, 0.3) is 0 Å². The molecule has 2 nitrogen and oxygen atoms in total. The number of rotatable bonds is 2. The normalized spacial score (nSPS) is 10.6. The van der Waals surface area contributed by atoms with Gasteiger partial charge in [-0.25, -0.2) is 13.6 Å². The van der Waals surface area contributed by atoms with E-state index in [1.807, 2.05) is 0 Å². The van der Waals surface area contributed by atoms with Gasteiger partial charge in [0.1, 0.15) is 17.2 Å². The molecule has 0 aliphatic heterocycles. The van der Waals surface area contributed by atoms with E-state index in [0.29, 0.717) is 5.56 Å². The fourth-order valence-electron chi connectivity index (χ4n) is 1.13. The van der Waals surface area contributed by atoms with Gasteiger partial charge in [-0.2, -0.15) is 0 Å². The molecule has 0 heterocycles. The van der Waals surface area contributed by atoms with Gasteiger partial charge in [0.2, 0.25) is 0 Å². The Morgan fingerprint density at radius 1 is 1.29 bits per heavy atom. The van der Waals surface area contributed by atoms with Crippen molar-refractivity contribution < 1.29 is 18.7 Å². The number of halogens is 2. The van der Waals surface area contributed by atoms with Crippen LogP contribution in [0.2, 0.25) is 0 Å². The Balaban J connectivity index is 3.32. The molecule has 0 atom stereocenters. The minimum Gasteiger partial charge on any atom is -0.477 e. The monoisotopic (exact) mass is 200 g/mol. The Bertz CT molecular complexity index is 349. The molecule has 1 rings (SSSR count). The molecule has 1 aromatic carbocycles. The lowest BCUT2D eigenvalue weighted by atomic mass is 10.0. The van der Waals surface area contributed by atoms with E-state index in [1.165, 1.54) is 0 Å². The van der Waals surface area contributed by atoms with E-state index in [1.54, 1.807) is 13.8 Å². The third kappa shape index (κ3) is 1.89. The van der Waals surface area contributed by atoms with Gasteiger partial charge in [-0.05, 0) is 23.6 Å². The zero-order valence-electron chi connectivity index (χ0n) is 7.84. The second-order valence-electron chi connectivity index (χ2n) is 3.32. The molecular formula is C10H10F2O2. The van der Waals surface area contributed by atoms with Crippen molar-refractivity contribution in [3.63, 3.8) is 0 Å². The molecule has 0 saturated carbocycles. The van der Waals surface area contributed by atoms with Gasteiger partial charge < -0.3 is 5.11 Å². The molecule has 0 aliphatic carbocycles. The highest BCUT2D eigenvalue weighted by Crippen LogP contribution is 2.21. The van der Waals surface area contributed by atoms with Crippen LogP contribution in [0.3, 0.4) is 0 Å². The van der Waals surface area contributed by atoms with Crippen molar-refractivity contribution in [3.8, 4) is 0 Å². The molecule has 1 N–H and O–H groups in total. The third-order valence-corrected chi connectivity index (χ3v) is 1.94. The molecule has 4 heteroatoms. The van der Waals surface area contributed by atoms with E-state index in [9.17, 15) is 13.6 Å². The fourth-order valence-corrected chi connectivity index (χ4v) is 1.13. The van der Waals surface area contributed by atoms with E-state index in [4.69, 9.17) is 5.11 Å². The Kier molecular flexibility index (Phi) is 2.84. The van der Waals surface area contributed by atoms with Gasteiger partial charge in [-0.3, -0.25) is 0 Å². The quantitative estimate of drug-likeness (QED) is 0.796. The minimum absolute atomic E-state index is 0.0400. The van der Waals surface area contributed by atoms with Crippen molar-refractivity contribution in [2.75, 3.05) is 0 Å². The van der Waals surface area contributed by atoms with Crippen LogP contribution in [0.5, 0.6) is 0 Å².